The van der Waals surface area contributed by atoms with E-state index in [2.05, 4.69) is 5.32 Å². The van der Waals surface area contributed by atoms with Crippen LogP contribution in [-0.4, -0.2) is 18.4 Å². The topological polar surface area (TPSA) is 49.4 Å². The minimum atomic E-state index is -0.838. The Morgan fingerprint density at radius 2 is 1.76 bits per heavy atom. The average Bonchev–Trinajstić information content (AvgIpc) is 2.56. The maximum atomic E-state index is 13.9. The molecule has 0 saturated heterocycles. The van der Waals surface area contributed by atoms with Crippen LogP contribution in [0.5, 0.6) is 0 Å². The van der Waals surface area contributed by atoms with E-state index in [1.165, 1.54) is 13.0 Å². The Bertz CT molecular complexity index is 761. The maximum absolute atomic E-state index is 13.9. The van der Waals surface area contributed by atoms with Gasteiger partial charge in [0.1, 0.15) is 11.6 Å². The molecule has 0 fully saturated rings. The van der Waals surface area contributed by atoms with Crippen LogP contribution in [0.15, 0.2) is 42.5 Å². The first-order valence-corrected chi connectivity index (χ1v) is 7.92. The number of amides is 2. The monoisotopic (exact) mass is 346 g/mol. The summed E-state index contributed by atoms with van der Waals surface area (Å²) in [6.45, 7) is 3.64. The van der Waals surface area contributed by atoms with Crippen molar-refractivity contribution in [3.63, 3.8) is 0 Å². The van der Waals surface area contributed by atoms with Crippen LogP contribution in [0.2, 0.25) is 0 Å². The van der Waals surface area contributed by atoms with Gasteiger partial charge in [0, 0.05) is 32.5 Å². The number of rotatable bonds is 6. The highest BCUT2D eigenvalue weighted by Gasteiger charge is 2.17. The van der Waals surface area contributed by atoms with Crippen molar-refractivity contribution >= 4 is 17.5 Å². The van der Waals surface area contributed by atoms with E-state index in [0.29, 0.717) is 12.6 Å². The largest absolute Gasteiger partial charge is 0.352 e. The van der Waals surface area contributed by atoms with Crippen LogP contribution < -0.4 is 10.2 Å². The Balaban J connectivity index is 1.93. The molecule has 2 amide bonds. The molecule has 2 aromatic carbocycles. The van der Waals surface area contributed by atoms with E-state index in [0.717, 1.165) is 22.1 Å². The number of aryl methyl sites for hydroxylation is 1. The summed E-state index contributed by atoms with van der Waals surface area (Å²) in [4.78, 5) is 24.8. The number of carbonyl (C=O) groups is 2. The fraction of sp³-hybridized carbons (Fsp3) is 0.263. The molecule has 0 saturated carbocycles. The molecule has 0 unspecified atom stereocenters. The Morgan fingerprint density at radius 3 is 2.36 bits per heavy atom. The summed E-state index contributed by atoms with van der Waals surface area (Å²) in [5, 5.41) is 2.76. The maximum Gasteiger partial charge on any atom is 0.223 e. The number of nitrogens with one attached hydrogen (secondary N) is 1. The van der Waals surface area contributed by atoms with Crippen LogP contribution in [0.25, 0.3) is 0 Å². The molecule has 0 heterocycles. The molecule has 1 N–H and O–H groups in total. The molecule has 2 aromatic rings. The second-order valence-corrected chi connectivity index (χ2v) is 5.78. The molecule has 0 aromatic heterocycles. The number of anilines is 1. The van der Waals surface area contributed by atoms with Gasteiger partial charge < -0.3 is 10.2 Å². The van der Waals surface area contributed by atoms with E-state index in [-0.39, 0.29) is 24.6 Å². The number of benzene rings is 2. The van der Waals surface area contributed by atoms with Crippen LogP contribution in [-0.2, 0) is 16.1 Å². The van der Waals surface area contributed by atoms with Crippen molar-refractivity contribution in [2.75, 3.05) is 11.4 Å². The zero-order valence-electron chi connectivity index (χ0n) is 14.2. The van der Waals surface area contributed by atoms with Crippen molar-refractivity contribution in [1.82, 2.24) is 5.32 Å². The second-order valence-electron chi connectivity index (χ2n) is 5.78. The number of nitrogens with zero attached hydrogens (tertiary/aromatic N) is 1. The number of halogens is 2. The highest BCUT2D eigenvalue weighted by Crippen LogP contribution is 2.20. The fourth-order valence-corrected chi connectivity index (χ4v) is 2.36. The van der Waals surface area contributed by atoms with Gasteiger partial charge in [0.2, 0.25) is 11.8 Å². The molecule has 0 radical (unpaired) electrons. The molecule has 0 aliphatic heterocycles. The lowest BCUT2D eigenvalue weighted by Gasteiger charge is -2.21. The summed E-state index contributed by atoms with van der Waals surface area (Å²) in [5.74, 6) is -2.23. The SMILES string of the molecule is CC(=O)N(CCC(=O)NCc1ccc(C)cc1)c1ccc(F)cc1F. The van der Waals surface area contributed by atoms with Gasteiger partial charge >= 0.3 is 0 Å². The molecule has 0 spiro atoms. The van der Waals surface area contributed by atoms with Crippen molar-refractivity contribution in [1.29, 1.82) is 0 Å². The summed E-state index contributed by atoms with van der Waals surface area (Å²) in [7, 11) is 0. The summed E-state index contributed by atoms with van der Waals surface area (Å²) in [5.41, 5.74) is 2.06. The fourth-order valence-electron chi connectivity index (χ4n) is 2.36. The Morgan fingerprint density at radius 1 is 1.08 bits per heavy atom. The lowest BCUT2D eigenvalue weighted by molar-refractivity contribution is -0.121. The molecular formula is C19H20F2N2O2. The van der Waals surface area contributed by atoms with Gasteiger partial charge in [-0.3, -0.25) is 9.59 Å². The standard InChI is InChI=1S/C19H20F2N2O2/c1-13-3-5-15(6-4-13)12-22-19(25)9-10-23(14(2)24)18-8-7-16(20)11-17(18)21/h3-8,11H,9-10,12H2,1-2H3,(H,22,25). The summed E-state index contributed by atoms with van der Waals surface area (Å²) in [6, 6.07) is 10.7. The van der Waals surface area contributed by atoms with Gasteiger partial charge in [-0.15, -0.1) is 0 Å². The first kappa shape index (κ1) is 18.6. The van der Waals surface area contributed by atoms with Gasteiger partial charge in [0.15, 0.2) is 0 Å². The van der Waals surface area contributed by atoms with Gasteiger partial charge in [-0.25, -0.2) is 8.78 Å². The molecule has 2 rings (SSSR count). The number of hydrogen-bond acceptors (Lipinski definition) is 2. The third-order valence-electron chi connectivity index (χ3n) is 3.75. The molecule has 0 bridgehead atoms. The summed E-state index contributed by atoms with van der Waals surface area (Å²) < 4.78 is 26.9. The minimum absolute atomic E-state index is 0.0115. The van der Waals surface area contributed by atoms with Crippen molar-refractivity contribution < 1.29 is 18.4 Å². The van der Waals surface area contributed by atoms with Crippen molar-refractivity contribution in [2.45, 2.75) is 26.8 Å². The van der Waals surface area contributed by atoms with E-state index >= 15 is 0 Å². The van der Waals surface area contributed by atoms with Crippen molar-refractivity contribution in [3.05, 3.63) is 65.2 Å². The van der Waals surface area contributed by atoms with E-state index in [4.69, 9.17) is 0 Å². The average molecular weight is 346 g/mol. The molecule has 6 heteroatoms. The smallest absolute Gasteiger partial charge is 0.223 e. The lowest BCUT2D eigenvalue weighted by Crippen LogP contribution is -2.34. The molecule has 25 heavy (non-hydrogen) atoms. The van der Waals surface area contributed by atoms with Crippen molar-refractivity contribution in [2.24, 2.45) is 0 Å². The third kappa shape index (κ3) is 5.38. The van der Waals surface area contributed by atoms with Crippen LogP contribution in [0.3, 0.4) is 0 Å². The highest BCUT2D eigenvalue weighted by molar-refractivity contribution is 5.92. The van der Waals surface area contributed by atoms with Gasteiger partial charge in [0.05, 0.1) is 5.69 Å². The summed E-state index contributed by atoms with van der Waals surface area (Å²) >= 11 is 0. The van der Waals surface area contributed by atoms with Gasteiger partial charge in [-0.2, -0.15) is 0 Å². The minimum Gasteiger partial charge on any atom is -0.352 e. The van der Waals surface area contributed by atoms with E-state index in [1.807, 2.05) is 31.2 Å². The lowest BCUT2D eigenvalue weighted by atomic mass is 10.1. The Hall–Kier alpha value is -2.76. The number of carbonyl (C=O) groups excluding carboxylic acids is 2. The molecule has 0 aliphatic carbocycles. The van der Waals surface area contributed by atoms with Crippen molar-refractivity contribution in [3.8, 4) is 0 Å². The third-order valence-corrected chi connectivity index (χ3v) is 3.75. The van der Waals surface area contributed by atoms with Crippen LogP contribution in [0, 0.1) is 18.6 Å². The molecule has 0 atom stereocenters. The van der Waals surface area contributed by atoms with Crippen LogP contribution in [0.4, 0.5) is 14.5 Å². The van der Waals surface area contributed by atoms with Gasteiger partial charge in [-0.05, 0) is 24.6 Å². The molecule has 0 aliphatic rings. The van der Waals surface area contributed by atoms with Crippen LogP contribution in [0.1, 0.15) is 24.5 Å². The normalized spacial score (nSPS) is 10.4. The Kier molecular flexibility index (Phi) is 6.22. The second kappa shape index (κ2) is 8.37. The van der Waals surface area contributed by atoms with Crippen LogP contribution >= 0.6 is 0 Å². The molecule has 4 nitrogen and oxygen atoms in total. The predicted octanol–water partition coefficient (Wildman–Crippen LogP) is 3.33. The van der Waals surface area contributed by atoms with E-state index in [1.54, 1.807) is 0 Å². The predicted molar refractivity (Wildman–Crippen MR) is 92.0 cm³/mol. The van der Waals surface area contributed by atoms with E-state index in [9.17, 15) is 18.4 Å². The van der Waals surface area contributed by atoms with E-state index < -0.39 is 17.5 Å². The first-order valence-electron chi connectivity index (χ1n) is 7.92. The summed E-state index contributed by atoms with van der Waals surface area (Å²) in [6.07, 6.45) is 0.0161. The number of hydrogen-bond donors (Lipinski definition) is 1. The highest BCUT2D eigenvalue weighted by atomic mass is 19.1. The van der Waals surface area contributed by atoms with Gasteiger partial charge in [0.25, 0.3) is 0 Å². The molecule has 132 valence electrons. The molecular weight excluding hydrogens is 326 g/mol. The Labute approximate surface area is 145 Å². The van der Waals surface area contributed by atoms with Gasteiger partial charge in [-0.1, -0.05) is 29.8 Å². The zero-order chi connectivity index (χ0) is 18.4. The quantitative estimate of drug-likeness (QED) is 0.872. The zero-order valence-corrected chi connectivity index (χ0v) is 14.2. The first-order chi connectivity index (χ1) is 11.9.